The van der Waals surface area contributed by atoms with E-state index in [2.05, 4.69) is 24.0 Å². The first-order valence-electron chi connectivity index (χ1n) is 4.97. The van der Waals surface area contributed by atoms with E-state index >= 15 is 0 Å². The van der Waals surface area contributed by atoms with Crippen molar-refractivity contribution >= 4 is 0 Å². The lowest BCUT2D eigenvalue weighted by Crippen LogP contribution is -2.18. The molecule has 0 amide bonds. The van der Waals surface area contributed by atoms with Gasteiger partial charge in [0.2, 0.25) is 0 Å². The number of pyridine rings is 1. The zero-order chi connectivity index (χ0) is 10.4. The van der Waals surface area contributed by atoms with E-state index in [1.165, 1.54) is 0 Å². The third kappa shape index (κ3) is 3.75. The van der Waals surface area contributed by atoms with Crippen molar-refractivity contribution in [1.82, 2.24) is 9.47 Å². The molecule has 0 saturated carbocycles. The number of hydrogen-bond donors (Lipinski definition) is 0. The summed E-state index contributed by atoms with van der Waals surface area (Å²) in [4.78, 5) is 6.70. The first-order valence-corrected chi connectivity index (χ1v) is 4.97. The van der Waals surface area contributed by atoms with Crippen LogP contribution in [0.2, 0.25) is 0 Å². The molecule has 3 nitrogen and oxygen atoms in total. The number of hydrogen-bond acceptors (Lipinski definition) is 2. The minimum atomic E-state index is 0.899. The van der Waals surface area contributed by atoms with Crippen LogP contribution in [0.1, 0.15) is 6.42 Å². The smallest absolute Gasteiger partial charge is 0.127 e. The fourth-order valence-corrected chi connectivity index (χ4v) is 1.26. The summed E-state index contributed by atoms with van der Waals surface area (Å²) in [5.74, 6) is 0. The van der Waals surface area contributed by atoms with Gasteiger partial charge in [-0.15, -0.1) is 0 Å². The van der Waals surface area contributed by atoms with Crippen molar-refractivity contribution < 1.29 is 0 Å². The van der Waals surface area contributed by atoms with Gasteiger partial charge in [0, 0.05) is 19.8 Å². The van der Waals surface area contributed by atoms with E-state index in [1.54, 1.807) is 0 Å². The van der Waals surface area contributed by atoms with Gasteiger partial charge in [-0.3, -0.25) is 4.99 Å². The molecule has 0 aromatic carbocycles. The summed E-state index contributed by atoms with van der Waals surface area (Å²) in [5.41, 5.74) is 1.05. The van der Waals surface area contributed by atoms with Gasteiger partial charge in [0.25, 0.3) is 0 Å². The van der Waals surface area contributed by atoms with E-state index in [1.807, 2.05) is 36.0 Å². The molecule has 0 unspecified atom stereocenters. The van der Waals surface area contributed by atoms with Crippen LogP contribution in [-0.4, -0.2) is 36.7 Å². The molecule has 0 aliphatic carbocycles. The Labute approximate surface area is 85.7 Å². The molecule has 0 bridgehead atoms. The lowest BCUT2D eigenvalue weighted by molar-refractivity contribution is 0.402. The standard InChI is InChI=1S/C11H19N3/c1-13(2)9-6-8-12-11-7-4-5-10-14(11)3/h4-5,7,10H,6,8-9H2,1-3H3. The Bertz CT molecular complexity index is 325. The second-order valence-electron chi connectivity index (χ2n) is 3.71. The van der Waals surface area contributed by atoms with Gasteiger partial charge < -0.3 is 9.47 Å². The summed E-state index contributed by atoms with van der Waals surface area (Å²) in [5, 5.41) is 0. The van der Waals surface area contributed by atoms with Crippen molar-refractivity contribution in [3.63, 3.8) is 0 Å². The molecule has 0 radical (unpaired) electrons. The zero-order valence-corrected chi connectivity index (χ0v) is 9.27. The van der Waals surface area contributed by atoms with Crippen LogP contribution in [0.25, 0.3) is 0 Å². The van der Waals surface area contributed by atoms with Gasteiger partial charge in [0.05, 0.1) is 0 Å². The molecule has 1 aromatic rings. The Hall–Kier alpha value is -1.09. The topological polar surface area (TPSA) is 20.5 Å². The van der Waals surface area contributed by atoms with E-state index in [-0.39, 0.29) is 0 Å². The van der Waals surface area contributed by atoms with Gasteiger partial charge in [0.15, 0.2) is 0 Å². The third-order valence-corrected chi connectivity index (χ3v) is 2.06. The fraction of sp³-hybridized carbons (Fsp3) is 0.545. The van der Waals surface area contributed by atoms with Crippen LogP contribution in [-0.2, 0) is 7.05 Å². The second-order valence-corrected chi connectivity index (χ2v) is 3.71. The second kappa shape index (κ2) is 5.60. The Balaban J connectivity index is 2.49. The molecule has 14 heavy (non-hydrogen) atoms. The lowest BCUT2D eigenvalue weighted by Gasteiger charge is -2.06. The molecule has 1 heterocycles. The normalized spacial score (nSPS) is 12.4. The SMILES string of the molecule is CN(C)CCCN=c1ccccn1C. The summed E-state index contributed by atoms with van der Waals surface area (Å²) < 4.78 is 2.04. The molecule has 3 heteroatoms. The van der Waals surface area contributed by atoms with Crippen molar-refractivity contribution in [3.05, 3.63) is 29.9 Å². The molecule has 78 valence electrons. The van der Waals surface area contributed by atoms with E-state index in [0.29, 0.717) is 0 Å². The van der Waals surface area contributed by atoms with Gasteiger partial charge in [-0.2, -0.15) is 0 Å². The molecule has 0 aliphatic rings. The van der Waals surface area contributed by atoms with E-state index < -0.39 is 0 Å². The minimum absolute atomic E-state index is 0.899. The largest absolute Gasteiger partial charge is 0.336 e. The number of rotatable bonds is 4. The van der Waals surface area contributed by atoms with E-state index in [0.717, 1.165) is 25.0 Å². The van der Waals surface area contributed by atoms with Crippen LogP contribution < -0.4 is 5.49 Å². The van der Waals surface area contributed by atoms with E-state index in [4.69, 9.17) is 0 Å². The van der Waals surface area contributed by atoms with Crippen LogP contribution in [0.5, 0.6) is 0 Å². The average molecular weight is 193 g/mol. The highest BCUT2D eigenvalue weighted by Gasteiger charge is 1.89. The first kappa shape index (κ1) is 11.0. The summed E-state index contributed by atoms with van der Waals surface area (Å²) in [6.07, 6.45) is 3.13. The van der Waals surface area contributed by atoms with Crippen molar-refractivity contribution in [2.75, 3.05) is 27.2 Å². The highest BCUT2D eigenvalue weighted by Crippen LogP contribution is 1.84. The molecule has 0 fully saturated rings. The molecule has 1 rings (SSSR count). The zero-order valence-electron chi connectivity index (χ0n) is 9.27. The summed E-state index contributed by atoms with van der Waals surface area (Å²) in [6.45, 7) is 2.00. The monoisotopic (exact) mass is 193 g/mol. The number of aryl methyl sites for hydroxylation is 1. The molecule has 0 atom stereocenters. The van der Waals surface area contributed by atoms with Crippen molar-refractivity contribution in [2.24, 2.45) is 12.0 Å². The summed E-state index contributed by atoms with van der Waals surface area (Å²) in [6, 6.07) is 6.07. The Morgan fingerprint density at radius 2 is 2.14 bits per heavy atom. The Morgan fingerprint density at radius 3 is 2.79 bits per heavy atom. The average Bonchev–Trinajstić information content (AvgIpc) is 2.15. The van der Waals surface area contributed by atoms with Crippen LogP contribution in [0.3, 0.4) is 0 Å². The van der Waals surface area contributed by atoms with Crippen molar-refractivity contribution in [2.45, 2.75) is 6.42 Å². The Morgan fingerprint density at radius 1 is 1.36 bits per heavy atom. The van der Waals surface area contributed by atoms with Crippen LogP contribution in [0.15, 0.2) is 29.4 Å². The summed E-state index contributed by atoms with van der Waals surface area (Å²) in [7, 11) is 6.19. The van der Waals surface area contributed by atoms with Crippen molar-refractivity contribution in [3.8, 4) is 0 Å². The van der Waals surface area contributed by atoms with Crippen LogP contribution >= 0.6 is 0 Å². The van der Waals surface area contributed by atoms with Crippen LogP contribution in [0.4, 0.5) is 0 Å². The van der Waals surface area contributed by atoms with Gasteiger partial charge in [-0.05, 0) is 39.2 Å². The molecule has 0 spiro atoms. The lowest BCUT2D eigenvalue weighted by atomic mass is 10.4. The highest BCUT2D eigenvalue weighted by atomic mass is 15.1. The molecule has 0 saturated heterocycles. The van der Waals surface area contributed by atoms with Gasteiger partial charge >= 0.3 is 0 Å². The molecular weight excluding hydrogens is 174 g/mol. The maximum absolute atomic E-state index is 4.51. The molecule has 0 N–H and O–H groups in total. The maximum atomic E-state index is 4.51. The quantitative estimate of drug-likeness (QED) is 0.650. The van der Waals surface area contributed by atoms with Crippen molar-refractivity contribution in [1.29, 1.82) is 0 Å². The summed E-state index contributed by atoms with van der Waals surface area (Å²) >= 11 is 0. The maximum Gasteiger partial charge on any atom is 0.127 e. The highest BCUT2D eigenvalue weighted by molar-refractivity contribution is 4.91. The van der Waals surface area contributed by atoms with Gasteiger partial charge in [-0.1, -0.05) is 6.07 Å². The first-order chi connectivity index (χ1) is 6.70. The molecular formula is C11H19N3. The third-order valence-electron chi connectivity index (χ3n) is 2.06. The minimum Gasteiger partial charge on any atom is -0.336 e. The van der Waals surface area contributed by atoms with Gasteiger partial charge in [-0.25, -0.2) is 0 Å². The number of aromatic nitrogens is 1. The van der Waals surface area contributed by atoms with Crippen LogP contribution in [0, 0.1) is 0 Å². The van der Waals surface area contributed by atoms with Gasteiger partial charge in [0.1, 0.15) is 5.49 Å². The fourth-order valence-electron chi connectivity index (χ4n) is 1.26. The Kier molecular flexibility index (Phi) is 4.40. The number of nitrogens with zero attached hydrogens (tertiary/aromatic N) is 3. The predicted molar refractivity (Wildman–Crippen MR) is 59.0 cm³/mol. The van der Waals surface area contributed by atoms with E-state index in [9.17, 15) is 0 Å². The predicted octanol–water partition coefficient (Wildman–Crippen LogP) is 0.877. The molecule has 1 aromatic heterocycles. The molecule has 0 aliphatic heterocycles.